The van der Waals surface area contributed by atoms with Gasteiger partial charge in [-0.1, -0.05) is 5.16 Å². The predicted molar refractivity (Wildman–Crippen MR) is 76.7 cm³/mol. The summed E-state index contributed by atoms with van der Waals surface area (Å²) in [5, 5.41) is 6.97. The van der Waals surface area contributed by atoms with Crippen LogP contribution in [0.3, 0.4) is 0 Å². The first kappa shape index (κ1) is 14.5. The lowest BCUT2D eigenvalue weighted by atomic mass is 10.1. The Bertz CT molecular complexity index is 482. The van der Waals surface area contributed by atoms with Gasteiger partial charge in [0.2, 0.25) is 5.91 Å². The topological polar surface area (TPSA) is 67.6 Å². The van der Waals surface area contributed by atoms with E-state index in [9.17, 15) is 4.79 Å². The maximum Gasteiger partial charge on any atom is 0.234 e. The van der Waals surface area contributed by atoms with E-state index in [1.54, 1.807) is 0 Å². The van der Waals surface area contributed by atoms with E-state index in [2.05, 4.69) is 15.4 Å². The van der Waals surface area contributed by atoms with Crippen LogP contribution in [0.1, 0.15) is 36.8 Å². The van der Waals surface area contributed by atoms with Gasteiger partial charge in [-0.3, -0.25) is 9.69 Å². The third kappa shape index (κ3) is 3.63. The second-order valence-electron chi connectivity index (χ2n) is 6.03. The molecule has 0 aliphatic carbocycles. The molecule has 2 fully saturated rings. The number of nitrogens with one attached hydrogen (secondary N) is 1. The molecule has 1 amide bonds. The molecule has 1 aromatic heterocycles. The van der Waals surface area contributed by atoms with Gasteiger partial charge in [-0.05, 0) is 32.7 Å². The van der Waals surface area contributed by atoms with Crippen molar-refractivity contribution in [2.75, 3.05) is 32.8 Å². The summed E-state index contributed by atoms with van der Waals surface area (Å²) in [5.74, 6) is 1.44. The van der Waals surface area contributed by atoms with Gasteiger partial charge < -0.3 is 14.6 Å². The molecule has 0 saturated carbocycles. The first-order chi connectivity index (χ1) is 10.2. The van der Waals surface area contributed by atoms with E-state index in [0.717, 1.165) is 57.0 Å². The Hall–Kier alpha value is -1.40. The third-order valence-electron chi connectivity index (χ3n) is 4.30. The fraction of sp³-hybridized carbons (Fsp3) is 0.733. The van der Waals surface area contributed by atoms with Crippen molar-refractivity contribution in [3.63, 3.8) is 0 Å². The number of aryl methyl sites for hydroxylation is 1. The Morgan fingerprint density at radius 3 is 3.14 bits per heavy atom. The second kappa shape index (κ2) is 6.58. The molecule has 6 heteroatoms. The maximum atomic E-state index is 12.1. The van der Waals surface area contributed by atoms with Crippen LogP contribution in [0.25, 0.3) is 0 Å². The molecule has 2 aliphatic rings. The standard InChI is InChI=1S/C15H23N3O3/c1-11-7-14(21-17-11)13-3-2-5-18(13)9-15(19)16-8-12-4-6-20-10-12/h7,12-13H,2-6,8-10H2,1H3,(H,16,19)/t12-,13+/m1/s1. The highest BCUT2D eigenvalue weighted by atomic mass is 16.5. The number of likely N-dealkylation sites (tertiary alicyclic amines) is 1. The van der Waals surface area contributed by atoms with Crippen molar-refractivity contribution < 1.29 is 14.1 Å². The molecule has 6 nitrogen and oxygen atoms in total. The zero-order chi connectivity index (χ0) is 14.7. The average Bonchev–Trinajstić information content (AvgIpc) is 3.17. The van der Waals surface area contributed by atoms with Crippen LogP contribution >= 0.6 is 0 Å². The first-order valence-corrected chi connectivity index (χ1v) is 7.74. The van der Waals surface area contributed by atoms with Crippen LogP contribution in [0.15, 0.2) is 10.6 Å². The van der Waals surface area contributed by atoms with Gasteiger partial charge >= 0.3 is 0 Å². The van der Waals surface area contributed by atoms with E-state index in [0.29, 0.717) is 12.5 Å². The molecule has 3 rings (SSSR count). The van der Waals surface area contributed by atoms with Crippen molar-refractivity contribution in [1.29, 1.82) is 0 Å². The smallest absolute Gasteiger partial charge is 0.234 e. The highest BCUT2D eigenvalue weighted by molar-refractivity contribution is 5.78. The average molecular weight is 293 g/mol. The number of hydrogen-bond acceptors (Lipinski definition) is 5. The summed E-state index contributed by atoms with van der Waals surface area (Å²) < 4.78 is 10.7. The number of carbonyl (C=O) groups excluding carboxylic acids is 1. The van der Waals surface area contributed by atoms with Crippen LogP contribution in [-0.2, 0) is 9.53 Å². The fourth-order valence-electron chi connectivity index (χ4n) is 3.12. The summed E-state index contributed by atoms with van der Waals surface area (Å²) in [7, 11) is 0. The summed E-state index contributed by atoms with van der Waals surface area (Å²) in [5.41, 5.74) is 0.891. The molecular formula is C15H23N3O3. The van der Waals surface area contributed by atoms with Gasteiger partial charge in [0, 0.05) is 25.1 Å². The zero-order valence-corrected chi connectivity index (χ0v) is 12.5. The quantitative estimate of drug-likeness (QED) is 0.885. The van der Waals surface area contributed by atoms with Crippen molar-refractivity contribution in [1.82, 2.24) is 15.4 Å². The monoisotopic (exact) mass is 293 g/mol. The summed E-state index contributed by atoms with van der Waals surface area (Å²) in [6.07, 6.45) is 3.16. The molecule has 0 unspecified atom stereocenters. The normalized spacial score (nSPS) is 26.3. The molecule has 3 heterocycles. The van der Waals surface area contributed by atoms with Crippen LogP contribution in [0.5, 0.6) is 0 Å². The Kier molecular flexibility index (Phi) is 4.55. The second-order valence-corrected chi connectivity index (χ2v) is 6.03. The summed E-state index contributed by atoms with van der Waals surface area (Å²) >= 11 is 0. The third-order valence-corrected chi connectivity index (χ3v) is 4.30. The van der Waals surface area contributed by atoms with Gasteiger partial charge in [0.15, 0.2) is 5.76 Å². The van der Waals surface area contributed by atoms with Gasteiger partial charge in [0.05, 0.1) is 24.9 Å². The fourth-order valence-corrected chi connectivity index (χ4v) is 3.12. The largest absolute Gasteiger partial charge is 0.381 e. The lowest BCUT2D eigenvalue weighted by Gasteiger charge is -2.22. The van der Waals surface area contributed by atoms with E-state index in [4.69, 9.17) is 9.26 Å². The highest BCUT2D eigenvalue weighted by Gasteiger charge is 2.30. The Balaban J connectivity index is 1.49. The van der Waals surface area contributed by atoms with Crippen LogP contribution in [-0.4, -0.2) is 48.8 Å². The molecule has 2 atom stereocenters. The molecule has 116 valence electrons. The molecule has 2 aliphatic heterocycles. The van der Waals surface area contributed by atoms with Crippen molar-refractivity contribution >= 4 is 5.91 Å². The van der Waals surface area contributed by atoms with Crippen molar-refractivity contribution in [2.45, 2.75) is 32.2 Å². The molecule has 0 aromatic carbocycles. The van der Waals surface area contributed by atoms with E-state index in [1.165, 1.54) is 0 Å². The molecule has 0 spiro atoms. The van der Waals surface area contributed by atoms with Gasteiger partial charge in [0.1, 0.15) is 0 Å². The molecular weight excluding hydrogens is 270 g/mol. The van der Waals surface area contributed by atoms with Gasteiger partial charge in [-0.15, -0.1) is 0 Å². The minimum atomic E-state index is 0.0880. The van der Waals surface area contributed by atoms with Gasteiger partial charge in [-0.25, -0.2) is 0 Å². The number of carbonyl (C=O) groups is 1. The number of rotatable bonds is 5. The van der Waals surface area contributed by atoms with Crippen molar-refractivity contribution in [2.24, 2.45) is 5.92 Å². The Morgan fingerprint density at radius 2 is 2.43 bits per heavy atom. The van der Waals surface area contributed by atoms with E-state index >= 15 is 0 Å². The highest BCUT2D eigenvalue weighted by Crippen LogP contribution is 2.31. The number of amides is 1. The summed E-state index contributed by atoms with van der Waals surface area (Å²) in [6, 6.07) is 2.16. The Morgan fingerprint density at radius 1 is 1.52 bits per heavy atom. The van der Waals surface area contributed by atoms with Crippen LogP contribution in [0, 0.1) is 12.8 Å². The molecule has 1 aromatic rings. The predicted octanol–water partition coefficient (Wildman–Crippen LogP) is 1.27. The number of ether oxygens (including phenoxy) is 1. The molecule has 1 N–H and O–H groups in total. The molecule has 0 radical (unpaired) electrons. The minimum Gasteiger partial charge on any atom is -0.381 e. The van der Waals surface area contributed by atoms with Gasteiger partial charge in [-0.2, -0.15) is 0 Å². The molecule has 21 heavy (non-hydrogen) atoms. The van der Waals surface area contributed by atoms with Crippen molar-refractivity contribution in [3.05, 3.63) is 17.5 Å². The van der Waals surface area contributed by atoms with Gasteiger partial charge in [0.25, 0.3) is 0 Å². The van der Waals surface area contributed by atoms with Crippen LogP contribution in [0.4, 0.5) is 0 Å². The van der Waals surface area contributed by atoms with Crippen molar-refractivity contribution in [3.8, 4) is 0 Å². The maximum absolute atomic E-state index is 12.1. The van der Waals surface area contributed by atoms with E-state index < -0.39 is 0 Å². The lowest BCUT2D eigenvalue weighted by molar-refractivity contribution is -0.122. The summed E-state index contributed by atoms with van der Waals surface area (Å²) in [4.78, 5) is 14.3. The van der Waals surface area contributed by atoms with Crippen LogP contribution in [0.2, 0.25) is 0 Å². The SMILES string of the molecule is Cc1cc([C@@H]2CCCN2CC(=O)NC[C@H]2CCOC2)on1. The summed E-state index contributed by atoms with van der Waals surface area (Å²) in [6.45, 7) is 5.59. The lowest BCUT2D eigenvalue weighted by Crippen LogP contribution is -2.39. The first-order valence-electron chi connectivity index (χ1n) is 7.74. The van der Waals surface area contributed by atoms with E-state index in [-0.39, 0.29) is 11.9 Å². The molecule has 0 bridgehead atoms. The number of aromatic nitrogens is 1. The Labute approximate surface area is 124 Å². The number of hydrogen-bond donors (Lipinski definition) is 1. The van der Waals surface area contributed by atoms with Crippen LogP contribution < -0.4 is 5.32 Å². The van der Waals surface area contributed by atoms with E-state index in [1.807, 2.05) is 13.0 Å². The molecule has 2 saturated heterocycles. The zero-order valence-electron chi connectivity index (χ0n) is 12.5. The minimum absolute atomic E-state index is 0.0880. The number of nitrogens with zero attached hydrogens (tertiary/aromatic N) is 2.